The van der Waals surface area contributed by atoms with Crippen LogP contribution in [0.3, 0.4) is 0 Å². The Hall–Kier alpha value is -3.54. The minimum Gasteiger partial charge on any atom is -0.497 e. The Morgan fingerprint density at radius 1 is 0.909 bits per heavy atom. The molecule has 0 unspecified atom stereocenters. The highest BCUT2D eigenvalue weighted by Crippen LogP contribution is 2.38. The molecule has 7 heteroatoms. The third kappa shape index (κ3) is 4.80. The first-order chi connectivity index (χ1) is 15.9. The second-order valence-electron chi connectivity index (χ2n) is 7.40. The first-order valence-electron chi connectivity index (χ1n) is 10.0. The van der Waals surface area contributed by atoms with Gasteiger partial charge in [0.15, 0.2) is 0 Å². The number of carbonyl (C=O) groups is 2. The number of hydrogen-bond donors (Lipinski definition) is 1. The summed E-state index contributed by atoms with van der Waals surface area (Å²) in [5, 5.41) is 11.5. The zero-order valence-electron chi connectivity index (χ0n) is 17.6. The Morgan fingerprint density at radius 2 is 1.67 bits per heavy atom. The van der Waals surface area contributed by atoms with Gasteiger partial charge >= 0.3 is 5.97 Å². The van der Waals surface area contributed by atoms with Gasteiger partial charge in [-0.15, -0.1) is 0 Å². The van der Waals surface area contributed by atoms with Crippen molar-refractivity contribution in [1.29, 1.82) is 0 Å². The maximum absolute atomic E-state index is 13.7. The largest absolute Gasteiger partial charge is 0.497 e. The lowest BCUT2D eigenvalue weighted by Gasteiger charge is -2.26. The molecule has 5 nitrogen and oxygen atoms in total. The van der Waals surface area contributed by atoms with E-state index in [1.54, 1.807) is 43.5 Å². The number of rotatable bonds is 6. The predicted octanol–water partition coefficient (Wildman–Crippen LogP) is 6.70. The van der Waals surface area contributed by atoms with Crippen LogP contribution in [0.1, 0.15) is 26.3 Å². The van der Waals surface area contributed by atoms with E-state index in [2.05, 4.69) is 0 Å². The molecule has 0 aliphatic heterocycles. The molecule has 0 radical (unpaired) electrons. The molecule has 4 rings (SSSR count). The van der Waals surface area contributed by atoms with Crippen molar-refractivity contribution in [1.82, 2.24) is 0 Å². The number of methoxy groups -OCH3 is 1. The summed E-state index contributed by atoms with van der Waals surface area (Å²) < 4.78 is 5.32. The van der Waals surface area contributed by atoms with Crippen LogP contribution >= 0.6 is 23.2 Å². The molecule has 4 aromatic carbocycles. The normalized spacial score (nSPS) is 10.8. The van der Waals surface area contributed by atoms with Crippen LogP contribution in [0.4, 0.5) is 5.69 Å². The minimum absolute atomic E-state index is 0.0207. The fraction of sp³-hybridized carbons (Fsp3) is 0.0769. The number of carboxylic acids is 1. The standard InChI is InChI=1S/C26H19Cl2NO4/c1-33-21-9-5-6-16(10-21)15-29(25(30)17-7-3-2-4-8-17)23-13-19(26(31)32)11-18-12-20(27)14-22(28)24(18)23/h2-14H,15H2,1H3,(H,31,32). The highest BCUT2D eigenvalue weighted by atomic mass is 35.5. The monoisotopic (exact) mass is 479 g/mol. The van der Waals surface area contributed by atoms with E-state index in [-0.39, 0.29) is 18.0 Å². The lowest BCUT2D eigenvalue weighted by molar-refractivity contribution is 0.0696. The van der Waals surface area contributed by atoms with Crippen LogP contribution < -0.4 is 9.64 Å². The van der Waals surface area contributed by atoms with Crippen LogP contribution in [-0.2, 0) is 6.54 Å². The van der Waals surface area contributed by atoms with Crippen molar-refractivity contribution in [2.75, 3.05) is 12.0 Å². The van der Waals surface area contributed by atoms with E-state index in [4.69, 9.17) is 27.9 Å². The number of benzene rings is 4. The molecule has 0 atom stereocenters. The highest BCUT2D eigenvalue weighted by molar-refractivity contribution is 6.40. The first kappa shape index (κ1) is 22.6. The molecule has 0 bridgehead atoms. The third-order valence-electron chi connectivity index (χ3n) is 5.22. The van der Waals surface area contributed by atoms with E-state index in [0.717, 1.165) is 5.56 Å². The summed E-state index contributed by atoms with van der Waals surface area (Å²) in [6.45, 7) is 0.169. The third-order valence-corrected chi connectivity index (χ3v) is 5.74. The van der Waals surface area contributed by atoms with Gasteiger partial charge in [0.25, 0.3) is 5.91 Å². The number of carbonyl (C=O) groups excluding carboxylic acids is 1. The Labute approximate surface area is 200 Å². The number of carboxylic acid groups (broad SMARTS) is 1. The Bertz CT molecular complexity index is 1360. The lowest BCUT2D eigenvalue weighted by atomic mass is 10.0. The Balaban J connectivity index is 1.96. The summed E-state index contributed by atoms with van der Waals surface area (Å²) in [5.41, 5.74) is 1.66. The molecule has 0 spiro atoms. The number of nitrogens with zero attached hydrogens (tertiary/aromatic N) is 1. The molecule has 0 heterocycles. The average molecular weight is 480 g/mol. The maximum atomic E-state index is 13.7. The minimum atomic E-state index is -1.12. The summed E-state index contributed by atoms with van der Waals surface area (Å²) in [6, 6.07) is 22.3. The first-order valence-corrected chi connectivity index (χ1v) is 10.8. The zero-order valence-corrected chi connectivity index (χ0v) is 19.1. The molecular formula is C26H19Cl2NO4. The van der Waals surface area contributed by atoms with Crippen molar-refractivity contribution in [3.63, 3.8) is 0 Å². The molecule has 1 N–H and O–H groups in total. The van der Waals surface area contributed by atoms with Gasteiger partial charge in [-0.2, -0.15) is 0 Å². The van der Waals surface area contributed by atoms with Crippen LogP contribution in [-0.4, -0.2) is 24.1 Å². The highest BCUT2D eigenvalue weighted by Gasteiger charge is 2.23. The van der Waals surface area contributed by atoms with Crippen LogP contribution in [0.5, 0.6) is 5.75 Å². The number of fused-ring (bicyclic) bond motifs is 1. The molecule has 0 saturated heterocycles. The van der Waals surface area contributed by atoms with Crippen LogP contribution in [0.25, 0.3) is 10.8 Å². The van der Waals surface area contributed by atoms with Crippen molar-refractivity contribution >= 4 is 51.5 Å². The Morgan fingerprint density at radius 3 is 2.36 bits per heavy atom. The molecule has 0 saturated carbocycles. The molecule has 166 valence electrons. The van der Waals surface area contributed by atoms with Gasteiger partial charge in [-0.3, -0.25) is 4.79 Å². The number of halogens is 2. The molecule has 0 aliphatic carbocycles. The van der Waals surface area contributed by atoms with Gasteiger partial charge in [-0.05, 0) is 59.5 Å². The number of aromatic carboxylic acids is 1. The van der Waals surface area contributed by atoms with Crippen molar-refractivity contribution in [3.8, 4) is 5.75 Å². The Kier molecular flexibility index (Phi) is 6.54. The molecule has 33 heavy (non-hydrogen) atoms. The quantitative estimate of drug-likeness (QED) is 0.334. The number of ether oxygens (including phenoxy) is 1. The van der Waals surface area contributed by atoms with Crippen molar-refractivity contribution < 1.29 is 19.4 Å². The molecule has 0 aliphatic rings. The van der Waals surface area contributed by atoms with Crippen LogP contribution in [0, 0.1) is 0 Å². The summed E-state index contributed by atoms with van der Waals surface area (Å²) in [4.78, 5) is 27.1. The second kappa shape index (κ2) is 9.53. The van der Waals surface area contributed by atoms with E-state index >= 15 is 0 Å². The summed E-state index contributed by atoms with van der Waals surface area (Å²) >= 11 is 12.7. The molecular weight excluding hydrogens is 461 g/mol. The zero-order chi connectivity index (χ0) is 23.5. The van der Waals surface area contributed by atoms with Gasteiger partial charge in [-0.1, -0.05) is 53.5 Å². The van der Waals surface area contributed by atoms with Gasteiger partial charge in [-0.25, -0.2) is 4.79 Å². The number of amides is 1. The van der Waals surface area contributed by atoms with Gasteiger partial charge in [0.1, 0.15) is 5.75 Å². The van der Waals surface area contributed by atoms with Crippen LogP contribution in [0.15, 0.2) is 78.9 Å². The smallest absolute Gasteiger partial charge is 0.335 e. The average Bonchev–Trinajstić information content (AvgIpc) is 2.81. The second-order valence-corrected chi connectivity index (χ2v) is 8.24. The summed E-state index contributed by atoms with van der Waals surface area (Å²) in [6.07, 6.45) is 0. The molecule has 0 aromatic heterocycles. The van der Waals surface area contributed by atoms with Crippen molar-refractivity contribution in [2.45, 2.75) is 6.54 Å². The van der Waals surface area contributed by atoms with Gasteiger partial charge < -0.3 is 14.7 Å². The fourth-order valence-corrected chi connectivity index (χ4v) is 4.30. The molecule has 1 amide bonds. The van der Waals surface area contributed by atoms with Crippen molar-refractivity contribution in [2.24, 2.45) is 0 Å². The van der Waals surface area contributed by atoms with Gasteiger partial charge in [0, 0.05) is 16.0 Å². The predicted molar refractivity (Wildman–Crippen MR) is 131 cm³/mol. The summed E-state index contributed by atoms with van der Waals surface area (Å²) in [7, 11) is 1.57. The van der Waals surface area contributed by atoms with Crippen LogP contribution in [0.2, 0.25) is 10.0 Å². The maximum Gasteiger partial charge on any atom is 0.335 e. The molecule has 0 fully saturated rings. The SMILES string of the molecule is COc1cccc(CN(C(=O)c2ccccc2)c2cc(C(=O)O)cc3cc(Cl)cc(Cl)c23)c1. The van der Waals surface area contributed by atoms with E-state index in [0.29, 0.717) is 37.8 Å². The summed E-state index contributed by atoms with van der Waals surface area (Å²) in [5.74, 6) is -0.774. The fourth-order valence-electron chi connectivity index (χ4n) is 3.70. The van der Waals surface area contributed by atoms with Crippen molar-refractivity contribution in [3.05, 3.63) is 106 Å². The molecule has 4 aromatic rings. The number of anilines is 1. The lowest BCUT2D eigenvalue weighted by Crippen LogP contribution is -2.31. The number of hydrogen-bond acceptors (Lipinski definition) is 3. The van der Waals surface area contributed by atoms with E-state index in [1.807, 2.05) is 30.3 Å². The van der Waals surface area contributed by atoms with E-state index in [9.17, 15) is 14.7 Å². The van der Waals surface area contributed by atoms with E-state index in [1.165, 1.54) is 17.0 Å². The van der Waals surface area contributed by atoms with E-state index < -0.39 is 5.97 Å². The van der Waals surface area contributed by atoms with Gasteiger partial charge in [0.2, 0.25) is 0 Å². The van der Waals surface area contributed by atoms with Gasteiger partial charge in [0.05, 0.1) is 29.9 Å². The topological polar surface area (TPSA) is 66.8 Å².